The number of carbonyl (C=O) groups excluding carboxylic acids is 1. The highest BCUT2D eigenvalue weighted by atomic mass is 28.4. The van der Waals surface area contributed by atoms with Gasteiger partial charge in [0.15, 0.2) is 8.32 Å². The summed E-state index contributed by atoms with van der Waals surface area (Å²) in [6.45, 7) is 11.8. The quantitative estimate of drug-likeness (QED) is 0.399. The average Bonchev–Trinajstić information content (AvgIpc) is 2.68. The average molecular weight is 434 g/mol. The molecule has 30 heavy (non-hydrogen) atoms. The number of benzene rings is 1. The number of hydrogen-bond acceptors (Lipinski definition) is 5. The Labute approximate surface area is 180 Å². The molecule has 166 valence electrons. The van der Waals surface area contributed by atoms with Crippen LogP contribution in [0.4, 0.5) is 0 Å². The van der Waals surface area contributed by atoms with Crippen LogP contribution in [-0.4, -0.2) is 49.8 Å². The van der Waals surface area contributed by atoms with Gasteiger partial charge in [-0.1, -0.05) is 45.1 Å². The van der Waals surface area contributed by atoms with E-state index in [1.54, 1.807) is 13.2 Å². The van der Waals surface area contributed by atoms with Gasteiger partial charge in [-0.15, -0.1) is 0 Å². The Balaban J connectivity index is 1.52. The molecule has 0 unspecified atom stereocenters. The fraction of sp³-hybridized carbons (Fsp3) is 0.609. The maximum absolute atomic E-state index is 12.6. The van der Waals surface area contributed by atoms with Gasteiger partial charge < -0.3 is 14.3 Å². The topological polar surface area (TPSA) is 68.2 Å². The van der Waals surface area contributed by atoms with Gasteiger partial charge in [-0.05, 0) is 48.7 Å². The summed E-state index contributed by atoms with van der Waals surface area (Å²) in [7, 11) is -0.248. The SMILES string of the molecule is COc1ccc(CON2C[C@@H]([C@]3(O)C=C[C@@H](O[Si](C)(C)C(C)(C)C)CC3)C2=O)cc1. The lowest BCUT2D eigenvalue weighted by molar-refractivity contribution is -0.240. The van der Waals surface area contributed by atoms with Crippen molar-refractivity contribution in [3.63, 3.8) is 0 Å². The van der Waals surface area contributed by atoms with Crippen molar-refractivity contribution in [2.24, 2.45) is 5.92 Å². The number of carbonyl (C=O) groups is 1. The van der Waals surface area contributed by atoms with Gasteiger partial charge in [-0.25, -0.2) is 5.06 Å². The van der Waals surface area contributed by atoms with Crippen LogP contribution in [0.15, 0.2) is 36.4 Å². The molecule has 2 aliphatic rings. The molecule has 0 saturated carbocycles. The first-order chi connectivity index (χ1) is 13.9. The van der Waals surface area contributed by atoms with E-state index in [2.05, 4.69) is 33.9 Å². The summed E-state index contributed by atoms with van der Waals surface area (Å²) in [6, 6.07) is 7.52. The maximum Gasteiger partial charge on any atom is 0.254 e. The Morgan fingerprint density at radius 1 is 1.23 bits per heavy atom. The molecule has 1 aromatic rings. The van der Waals surface area contributed by atoms with Gasteiger partial charge >= 0.3 is 0 Å². The monoisotopic (exact) mass is 433 g/mol. The number of rotatable bonds is 7. The van der Waals surface area contributed by atoms with E-state index in [-0.39, 0.29) is 17.0 Å². The van der Waals surface area contributed by atoms with Crippen molar-refractivity contribution in [3.05, 3.63) is 42.0 Å². The molecule has 3 atom stereocenters. The van der Waals surface area contributed by atoms with Crippen molar-refractivity contribution in [2.75, 3.05) is 13.7 Å². The van der Waals surface area contributed by atoms with Crippen LogP contribution in [0, 0.1) is 5.92 Å². The summed E-state index contributed by atoms with van der Waals surface area (Å²) in [5, 5.41) is 12.5. The highest BCUT2D eigenvalue weighted by Gasteiger charge is 2.51. The molecule has 1 aliphatic heterocycles. The predicted octanol–water partition coefficient (Wildman–Crippen LogP) is 4.06. The number of nitrogens with zero attached hydrogens (tertiary/aromatic N) is 1. The van der Waals surface area contributed by atoms with Gasteiger partial charge in [0.05, 0.1) is 31.3 Å². The Morgan fingerprint density at radius 3 is 2.40 bits per heavy atom. The molecule has 0 radical (unpaired) electrons. The van der Waals surface area contributed by atoms with E-state index in [4.69, 9.17) is 14.0 Å². The lowest BCUT2D eigenvalue weighted by atomic mass is 9.75. The number of hydrogen-bond donors (Lipinski definition) is 1. The van der Waals surface area contributed by atoms with Crippen LogP contribution in [0.5, 0.6) is 5.75 Å². The van der Waals surface area contributed by atoms with Gasteiger partial charge in [0.1, 0.15) is 12.4 Å². The minimum Gasteiger partial charge on any atom is -0.497 e. The fourth-order valence-electron chi connectivity index (χ4n) is 3.53. The zero-order chi connectivity index (χ0) is 22.2. The molecule has 6 nitrogen and oxygen atoms in total. The first kappa shape index (κ1) is 23.0. The highest BCUT2D eigenvalue weighted by molar-refractivity contribution is 6.74. The molecular formula is C23H35NO5Si. The van der Waals surface area contributed by atoms with Crippen molar-refractivity contribution in [2.45, 2.75) is 70.1 Å². The number of ether oxygens (including phenoxy) is 1. The smallest absolute Gasteiger partial charge is 0.254 e. The number of hydroxylamine groups is 2. The summed E-state index contributed by atoms with van der Waals surface area (Å²) in [4.78, 5) is 18.2. The van der Waals surface area contributed by atoms with E-state index in [0.29, 0.717) is 19.6 Å². The van der Waals surface area contributed by atoms with Crippen LogP contribution in [-0.2, 0) is 20.7 Å². The van der Waals surface area contributed by atoms with Crippen molar-refractivity contribution in [1.29, 1.82) is 0 Å². The molecule has 0 spiro atoms. The number of β-lactam (4-membered cyclic amide) rings is 1. The van der Waals surface area contributed by atoms with Gasteiger partial charge in [-0.3, -0.25) is 9.63 Å². The second kappa shape index (κ2) is 8.46. The maximum atomic E-state index is 12.6. The molecule has 1 amide bonds. The molecular weight excluding hydrogens is 398 g/mol. The Hall–Kier alpha value is -1.67. The third-order valence-corrected chi connectivity index (χ3v) is 11.2. The first-order valence-corrected chi connectivity index (χ1v) is 13.5. The lowest BCUT2D eigenvalue weighted by Gasteiger charge is -2.47. The second-order valence-corrected chi connectivity index (χ2v) is 14.6. The van der Waals surface area contributed by atoms with E-state index < -0.39 is 19.8 Å². The molecule has 1 N–H and O–H groups in total. The van der Waals surface area contributed by atoms with Crippen LogP contribution in [0.25, 0.3) is 0 Å². The van der Waals surface area contributed by atoms with Crippen molar-refractivity contribution in [3.8, 4) is 5.75 Å². The van der Waals surface area contributed by atoms with Gasteiger partial charge in [-0.2, -0.15) is 0 Å². The van der Waals surface area contributed by atoms with E-state index in [0.717, 1.165) is 17.7 Å². The van der Waals surface area contributed by atoms with E-state index in [1.165, 1.54) is 5.06 Å². The summed E-state index contributed by atoms with van der Waals surface area (Å²) >= 11 is 0. The van der Waals surface area contributed by atoms with Crippen molar-refractivity contribution >= 4 is 14.2 Å². The molecule has 1 aliphatic carbocycles. The molecule has 1 fully saturated rings. The zero-order valence-electron chi connectivity index (χ0n) is 19.0. The van der Waals surface area contributed by atoms with Crippen LogP contribution >= 0.6 is 0 Å². The van der Waals surface area contributed by atoms with Crippen LogP contribution in [0.3, 0.4) is 0 Å². The molecule has 0 aromatic heterocycles. The Bertz CT molecular complexity index is 786. The standard InChI is InChI=1S/C23H35NO5Si/c1-22(2,3)30(5,6)29-19-11-13-23(26,14-12-19)20-15-24(21(20)25)28-16-17-7-9-18(27-4)10-8-17/h7-11,13,19-20,26H,12,14-16H2,1-6H3/t19-,20-,23+/m1/s1. The van der Waals surface area contributed by atoms with Gasteiger partial charge in [0, 0.05) is 0 Å². The highest BCUT2D eigenvalue weighted by Crippen LogP contribution is 2.41. The number of amides is 1. The molecule has 1 aromatic carbocycles. The third-order valence-electron chi connectivity index (χ3n) is 6.72. The second-order valence-electron chi connectivity index (χ2n) is 9.88. The summed E-state index contributed by atoms with van der Waals surface area (Å²) < 4.78 is 11.6. The predicted molar refractivity (Wildman–Crippen MR) is 118 cm³/mol. The lowest BCUT2D eigenvalue weighted by Crippen LogP contribution is -2.62. The molecule has 7 heteroatoms. The largest absolute Gasteiger partial charge is 0.497 e. The molecule has 1 saturated heterocycles. The third kappa shape index (κ3) is 4.80. The molecule has 3 rings (SSSR count). The van der Waals surface area contributed by atoms with Crippen LogP contribution < -0.4 is 4.74 Å². The summed E-state index contributed by atoms with van der Waals surface area (Å²) in [5.74, 6) is 0.152. The normalized spacial score (nSPS) is 27.2. The minimum absolute atomic E-state index is 0.00349. The van der Waals surface area contributed by atoms with Gasteiger partial charge in [0.25, 0.3) is 5.91 Å². The van der Waals surface area contributed by atoms with Gasteiger partial charge in [0.2, 0.25) is 0 Å². The molecule has 1 heterocycles. The Morgan fingerprint density at radius 2 is 1.90 bits per heavy atom. The summed E-state index contributed by atoms with van der Waals surface area (Å²) in [5.41, 5.74) is -0.168. The van der Waals surface area contributed by atoms with E-state index in [9.17, 15) is 9.90 Å². The van der Waals surface area contributed by atoms with Crippen molar-refractivity contribution < 1.29 is 23.9 Å². The number of aliphatic hydroxyl groups is 1. The molecule has 0 bridgehead atoms. The first-order valence-electron chi connectivity index (χ1n) is 10.6. The summed E-state index contributed by atoms with van der Waals surface area (Å²) in [6.07, 6.45) is 4.96. The van der Waals surface area contributed by atoms with E-state index in [1.807, 2.05) is 30.3 Å². The minimum atomic E-state index is -1.87. The van der Waals surface area contributed by atoms with Crippen LogP contribution in [0.1, 0.15) is 39.2 Å². The van der Waals surface area contributed by atoms with E-state index >= 15 is 0 Å². The Kier molecular flexibility index (Phi) is 6.48. The number of methoxy groups -OCH3 is 1. The van der Waals surface area contributed by atoms with Crippen molar-refractivity contribution in [1.82, 2.24) is 5.06 Å². The fourth-order valence-corrected chi connectivity index (χ4v) is 4.84. The van der Waals surface area contributed by atoms with Crippen LogP contribution in [0.2, 0.25) is 18.1 Å². The zero-order valence-corrected chi connectivity index (χ0v) is 20.0.